The molecule has 0 aliphatic rings. The summed E-state index contributed by atoms with van der Waals surface area (Å²) < 4.78 is 54.0. The Labute approximate surface area is 279 Å². The Morgan fingerprint density at radius 2 is 1.77 bits per heavy atom. The van der Waals surface area contributed by atoms with Crippen LogP contribution in [0.15, 0.2) is 73.2 Å². The van der Waals surface area contributed by atoms with Crippen LogP contribution < -0.4 is 15.8 Å². The van der Waals surface area contributed by atoms with E-state index in [9.17, 15) is 22.8 Å². The number of hydrogen-bond acceptors (Lipinski definition) is 8. The van der Waals surface area contributed by atoms with Gasteiger partial charge in [-0.1, -0.05) is 24.3 Å². The number of imidazole rings is 1. The maximum Gasteiger partial charge on any atom is 0.416 e. The van der Waals surface area contributed by atoms with Gasteiger partial charge >= 0.3 is 12.3 Å². The van der Waals surface area contributed by atoms with E-state index in [1.807, 2.05) is 51.1 Å². The smallest absolute Gasteiger partial charge is 0.416 e. The molecule has 5 aromatic rings. The van der Waals surface area contributed by atoms with Gasteiger partial charge in [0.2, 0.25) is 0 Å². The third-order valence-electron chi connectivity index (χ3n) is 7.25. The second-order valence-corrected chi connectivity index (χ2v) is 13.1. The lowest BCUT2D eigenvalue weighted by molar-refractivity contribution is -0.139. The Bertz CT molecular complexity index is 1950. The van der Waals surface area contributed by atoms with E-state index in [-0.39, 0.29) is 16.2 Å². The van der Waals surface area contributed by atoms with Gasteiger partial charge in [-0.3, -0.25) is 9.36 Å². The fourth-order valence-electron chi connectivity index (χ4n) is 4.96. The molecule has 48 heavy (non-hydrogen) atoms. The number of carbonyl (C=O) groups is 2. The summed E-state index contributed by atoms with van der Waals surface area (Å²) in [6.45, 7) is 7.81. The average molecular weight is 681 g/mol. The summed E-state index contributed by atoms with van der Waals surface area (Å²) >= 11 is 1.06. The monoisotopic (exact) mass is 680 g/mol. The minimum absolute atomic E-state index is 0.0589. The molecular weight excluding hydrogens is 645 g/mol. The number of fused-ring (bicyclic) bond motifs is 1. The van der Waals surface area contributed by atoms with Crippen LogP contribution in [0.5, 0.6) is 5.75 Å². The third kappa shape index (κ3) is 7.88. The molecule has 14 heteroatoms. The molecule has 3 N–H and O–H groups in total. The van der Waals surface area contributed by atoms with Crippen molar-refractivity contribution in [2.24, 2.45) is 5.73 Å². The van der Waals surface area contributed by atoms with Gasteiger partial charge in [0.25, 0.3) is 5.91 Å². The highest BCUT2D eigenvalue weighted by Gasteiger charge is 2.35. The number of halogens is 3. The molecule has 2 amide bonds. The number of carbonyl (C=O) groups excluding carboxylic acids is 2. The van der Waals surface area contributed by atoms with Crippen LogP contribution in [0, 0.1) is 0 Å². The summed E-state index contributed by atoms with van der Waals surface area (Å²) in [5.41, 5.74) is 7.36. The van der Waals surface area contributed by atoms with Crippen LogP contribution in [0.2, 0.25) is 0 Å². The van der Waals surface area contributed by atoms with Crippen LogP contribution in [0.4, 0.5) is 23.8 Å². The summed E-state index contributed by atoms with van der Waals surface area (Å²) in [6.07, 6.45) is -2.71. The van der Waals surface area contributed by atoms with E-state index in [0.717, 1.165) is 34.0 Å². The van der Waals surface area contributed by atoms with Gasteiger partial charge in [-0.15, -0.1) is 11.3 Å². The average Bonchev–Trinajstić information content (AvgIpc) is 3.64. The summed E-state index contributed by atoms with van der Waals surface area (Å²) in [6, 6.07) is 16.2. The molecule has 0 bridgehead atoms. The molecular formula is C34H35F3N6O4S. The number of nitrogens with two attached hydrogens (primary N) is 1. The quantitative estimate of drug-likeness (QED) is 0.155. The van der Waals surface area contributed by atoms with E-state index in [4.69, 9.17) is 15.2 Å². The molecule has 10 nitrogen and oxygen atoms in total. The highest BCUT2D eigenvalue weighted by atomic mass is 32.1. The lowest BCUT2D eigenvalue weighted by Gasteiger charge is -2.24. The van der Waals surface area contributed by atoms with Crippen molar-refractivity contribution in [2.75, 3.05) is 25.5 Å². The molecule has 5 rings (SSSR count). The first-order valence-electron chi connectivity index (χ1n) is 15.0. The predicted molar refractivity (Wildman–Crippen MR) is 179 cm³/mol. The predicted octanol–water partition coefficient (Wildman–Crippen LogP) is 7.69. The molecule has 0 saturated carbocycles. The maximum absolute atomic E-state index is 13.6. The largest absolute Gasteiger partial charge is 0.484 e. The molecule has 0 saturated heterocycles. The number of thiophene rings is 1. The Kier molecular flexibility index (Phi) is 9.66. The zero-order chi connectivity index (χ0) is 34.8. The lowest BCUT2D eigenvalue weighted by atomic mass is 10.0. The molecule has 0 fully saturated rings. The van der Waals surface area contributed by atoms with Gasteiger partial charge in [0.15, 0.2) is 0 Å². The van der Waals surface area contributed by atoms with Gasteiger partial charge in [0.1, 0.15) is 39.5 Å². The van der Waals surface area contributed by atoms with Crippen molar-refractivity contribution in [2.45, 2.75) is 45.6 Å². The SMILES string of the molecule is CC(Oc1cc(-n2cnc3cc(-c4ccnc(NCCN(C)C(=O)OC(C)(C)C)c4)ccc32)sc1C(N)=O)c1ccccc1C(F)(F)F. The highest BCUT2D eigenvalue weighted by molar-refractivity contribution is 7.16. The van der Waals surface area contributed by atoms with Gasteiger partial charge in [-0.05, 0) is 69.2 Å². The van der Waals surface area contributed by atoms with Gasteiger partial charge in [-0.25, -0.2) is 14.8 Å². The molecule has 3 heterocycles. The molecule has 1 unspecified atom stereocenters. The van der Waals surface area contributed by atoms with E-state index in [0.29, 0.717) is 29.4 Å². The topological polar surface area (TPSA) is 125 Å². The molecule has 1 atom stereocenters. The Morgan fingerprint density at radius 1 is 1.04 bits per heavy atom. The minimum Gasteiger partial charge on any atom is -0.484 e. The first kappa shape index (κ1) is 34.2. The van der Waals surface area contributed by atoms with E-state index >= 15 is 0 Å². The number of benzene rings is 2. The number of likely N-dealkylation sites (N-methyl/N-ethyl adjacent to an activating group) is 1. The van der Waals surface area contributed by atoms with Gasteiger partial charge < -0.3 is 25.4 Å². The van der Waals surface area contributed by atoms with Crippen LogP contribution in [0.25, 0.3) is 27.2 Å². The third-order valence-corrected chi connectivity index (χ3v) is 8.38. The minimum atomic E-state index is -4.57. The Balaban J connectivity index is 1.33. The van der Waals surface area contributed by atoms with E-state index in [2.05, 4.69) is 15.3 Å². The number of nitrogens with zero attached hydrogens (tertiary/aromatic N) is 4. The number of primary amides is 1. The summed E-state index contributed by atoms with van der Waals surface area (Å²) in [5, 5.41) is 3.79. The van der Waals surface area contributed by atoms with Gasteiger partial charge in [-0.2, -0.15) is 13.2 Å². The van der Waals surface area contributed by atoms with E-state index in [1.165, 1.54) is 30.0 Å². The maximum atomic E-state index is 13.6. The van der Waals surface area contributed by atoms with Crippen molar-refractivity contribution in [3.63, 3.8) is 0 Å². The van der Waals surface area contributed by atoms with Crippen LogP contribution in [-0.4, -0.2) is 57.2 Å². The first-order valence-corrected chi connectivity index (χ1v) is 15.8. The van der Waals surface area contributed by atoms with Crippen LogP contribution in [-0.2, 0) is 10.9 Å². The van der Waals surface area contributed by atoms with E-state index in [1.54, 1.807) is 30.2 Å². The molecule has 0 aliphatic heterocycles. The molecule has 0 aliphatic carbocycles. The summed E-state index contributed by atoms with van der Waals surface area (Å²) in [4.78, 5) is 35.1. The number of amides is 2. The van der Waals surface area contributed by atoms with Gasteiger partial charge in [0, 0.05) is 38.0 Å². The lowest BCUT2D eigenvalue weighted by Crippen LogP contribution is -2.36. The number of ether oxygens (including phenoxy) is 2. The van der Waals surface area contributed by atoms with E-state index < -0.39 is 35.4 Å². The molecule has 2 aromatic carbocycles. The van der Waals surface area contributed by atoms with Crippen LogP contribution in [0.3, 0.4) is 0 Å². The Morgan fingerprint density at radius 3 is 2.48 bits per heavy atom. The highest BCUT2D eigenvalue weighted by Crippen LogP contribution is 2.39. The Hall–Kier alpha value is -5.11. The zero-order valence-electron chi connectivity index (χ0n) is 27.0. The van der Waals surface area contributed by atoms with Crippen LogP contribution in [0.1, 0.15) is 54.6 Å². The number of rotatable bonds is 10. The number of hydrogen-bond donors (Lipinski definition) is 2. The van der Waals surface area contributed by atoms with Gasteiger partial charge in [0.05, 0.1) is 16.6 Å². The van der Waals surface area contributed by atoms with Crippen molar-refractivity contribution in [1.82, 2.24) is 19.4 Å². The van der Waals surface area contributed by atoms with Crippen molar-refractivity contribution >= 4 is 40.2 Å². The van der Waals surface area contributed by atoms with Crippen molar-refractivity contribution in [3.8, 4) is 21.9 Å². The number of aromatic nitrogens is 3. The zero-order valence-corrected chi connectivity index (χ0v) is 27.8. The first-order chi connectivity index (χ1) is 22.6. The standard InChI is InChI=1S/C34H35F3N6O4S/c1-20(23-8-6-7-9-24(23)34(35,36)37)46-27-18-29(48-30(27)31(38)44)43-19-41-25-16-21(10-11-26(25)43)22-12-13-39-28(17-22)40-14-15-42(5)32(45)47-33(2,3)4/h6-13,16-20H,14-15H2,1-5H3,(H2,38,44)(H,39,40). The number of pyridine rings is 1. The van der Waals surface area contributed by atoms with Crippen molar-refractivity contribution < 1.29 is 32.2 Å². The number of anilines is 1. The number of alkyl halides is 3. The second kappa shape index (κ2) is 13.6. The fraction of sp³-hybridized carbons (Fsp3) is 0.294. The molecule has 252 valence electrons. The fourth-order valence-corrected chi connectivity index (χ4v) is 5.89. The number of nitrogens with one attached hydrogen (secondary N) is 1. The summed E-state index contributed by atoms with van der Waals surface area (Å²) in [7, 11) is 1.67. The van der Waals surface area contributed by atoms with Crippen LogP contribution >= 0.6 is 11.3 Å². The van der Waals surface area contributed by atoms with Crippen molar-refractivity contribution in [1.29, 1.82) is 0 Å². The summed E-state index contributed by atoms with van der Waals surface area (Å²) in [5.74, 6) is -0.0460. The second-order valence-electron chi connectivity index (χ2n) is 12.1. The normalized spacial score (nSPS) is 12.5. The van der Waals surface area contributed by atoms with Crippen molar-refractivity contribution in [3.05, 3.63) is 89.2 Å². The molecule has 3 aromatic heterocycles. The molecule has 0 radical (unpaired) electrons. The molecule has 0 spiro atoms.